The molecule has 0 saturated carbocycles. The number of benzene rings is 1. The summed E-state index contributed by atoms with van der Waals surface area (Å²) < 4.78 is 50.1. The Morgan fingerprint density at radius 2 is 1.90 bits per heavy atom. The number of aromatic nitrogens is 2. The van der Waals surface area contributed by atoms with E-state index in [1.54, 1.807) is 0 Å². The van der Waals surface area contributed by atoms with Crippen molar-refractivity contribution in [1.29, 1.82) is 0 Å². The third kappa shape index (κ3) is 2.34. The fraction of sp³-hybridized carbons (Fsp3) is 0.333. The van der Waals surface area contributed by atoms with Gasteiger partial charge in [0.15, 0.2) is 11.5 Å². The molecule has 2 heterocycles. The summed E-state index contributed by atoms with van der Waals surface area (Å²) in [6.07, 6.45) is -4.75. The van der Waals surface area contributed by atoms with Gasteiger partial charge in [0.25, 0.3) is 0 Å². The first-order chi connectivity index (χ1) is 9.86. The van der Waals surface area contributed by atoms with Crippen LogP contribution in [0.2, 0.25) is 0 Å². The van der Waals surface area contributed by atoms with Crippen LogP contribution in [0.4, 0.5) is 13.2 Å². The van der Waals surface area contributed by atoms with Crippen molar-refractivity contribution in [3.05, 3.63) is 18.0 Å². The minimum absolute atomic E-state index is 0.00725. The van der Waals surface area contributed by atoms with Crippen molar-refractivity contribution >= 4 is 17.0 Å². The lowest BCUT2D eigenvalue weighted by Crippen LogP contribution is -2.19. The van der Waals surface area contributed by atoms with Gasteiger partial charge in [0.1, 0.15) is 19.8 Å². The average Bonchev–Trinajstić information content (AvgIpc) is 2.74. The molecule has 0 spiro atoms. The average molecular weight is 302 g/mol. The van der Waals surface area contributed by atoms with Crippen LogP contribution in [0.25, 0.3) is 11.0 Å². The van der Waals surface area contributed by atoms with E-state index in [1.165, 1.54) is 12.1 Å². The Bertz CT molecular complexity index is 723. The molecular weight excluding hydrogens is 293 g/mol. The molecule has 1 aliphatic heterocycles. The standard InChI is InChI=1S/C12H9F3N2O4/c13-12(14,15)11-16-6-3-8-9(21-2-1-20-8)4-7(6)17(11)5-10(18)19/h3-4H,1-2,5H2,(H,18,19). The Balaban J connectivity index is 2.24. The molecule has 1 aromatic carbocycles. The predicted octanol–water partition coefficient (Wildman–Crippen LogP) is 1.91. The zero-order valence-corrected chi connectivity index (χ0v) is 10.5. The topological polar surface area (TPSA) is 73.6 Å². The van der Waals surface area contributed by atoms with E-state index in [1.807, 2.05) is 0 Å². The molecule has 2 aromatic rings. The summed E-state index contributed by atoms with van der Waals surface area (Å²) in [5.74, 6) is -2.09. The van der Waals surface area contributed by atoms with E-state index < -0.39 is 24.5 Å². The Kier molecular flexibility index (Phi) is 2.92. The lowest BCUT2D eigenvalue weighted by Gasteiger charge is -2.18. The number of aliphatic carboxylic acids is 1. The fourth-order valence-corrected chi connectivity index (χ4v) is 2.17. The summed E-state index contributed by atoms with van der Waals surface area (Å²) in [4.78, 5) is 14.3. The van der Waals surface area contributed by atoms with Gasteiger partial charge >= 0.3 is 12.1 Å². The molecule has 1 N–H and O–H groups in total. The molecule has 21 heavy (non-hydrogen) atoms. The van der Waals surface area contributed by atoms with Crippen molar-refractivity contribution in [2.24, 2.45) is 0 Å². The van der Waals surface area contributed by atoms with Crippen molar-refractivity contribution in [3.63, 3.8) is 0 Å². The zero-order valence-electron chi connectivity index (χ0n) is 10.5. The number of nitrogens with zero attached hydrogens (tertiary/aromatic N) is 2. The van der Waals surface area contributed by atoms with E-state index in [9.17, 15) is 18.0 Å². The van der Waals surface area contributed by atoms with Gasteiger partial charge in [-0.3, -0.25) is 4.79 Å². The van der Waals surface area contributed by atoms with Gasteiger partial charge in [-0.15, -0.1) is 0 Å². The van der Waals surface area contributed by atoms with E-state index in [0.717, 1.165) is 0 Å². The first kappa shape index (κ1) is 13.5. The first-order valence-corrected chi connectivity index (χ1v) is 5.95. The highest BCUT2D eigenvalue weighted by Gasteiger charge is 2.38. The second-order valence-electron chi connectivity index (χ2n) is 4.40. The van der Waals surface area contributed by atoms with Gasteiger partial charge in [-0.2, -0.15) is 13.2 Å². The van der Waals surface area contributed by atoms with Crippen molar-refractivity contribution in [3.8, 4) is 11.5 Å². The highest BCUT2D eigenvalue weighted by Crippen LogP contribution is 2.37. The number of fused-ring (bicyclic) bond motifs is 2. The number of carboxylic acid groups (broad SMARTS) is 1. The zero-order chi connectivity index (χ0) is 15.2. The van der Waals surface area contributed by atoms with Gasteiger partial charge in [-0.05, 0) is 0 Å². The molecular formula is C12H9F3N2O4. The summed E-state index contributed by atoms with van der Waals surface area (Å²) in [5.41, 5.74) is 0.0433. The second-order valence-corrected chi connectivity index (χ2v) is 4.40. The van der Waals surface area contributed by atoms with E-state index in [0.29, 0.717) is 16.9 Å². The highest BCUT2D eigenvalue weighted by molar-refractivity contribution is 5.82. The van der Waals surface area contributed by atoms with Crippen LogP contribution in [0.15, 0.2) is 12.1 Å². The van der Waals surface area contributed by atoms with Gasteiger partial charge in [-0.25, -0.2) is 4.98 Å². The number of alkyl halides is 3. The highest BCUT2D eigenvalue weighted by atomic mass is 19.4. The number of halogens is 3. The molecule has 0 amide bonds. The van der Waals surface area contributed by atoms with Crippen LogP contribution in [-0.4, -0.2) is 33.8 Å². The summed E-state index contributed by atoms with van der Waals surface area (Å²) in [6, 6.07) is 2.63. The summed E-state index contributed by atoms with van der Waals surface area (Å²) in [5, 5.41) is 8.80. The van der Waals surface area contributed by atoms with Crippen LogP contribution >= 0.6 is 0 Å². The Labute approximate surface area is 115 Å². The first-order valence-electron chi connectivity index (χ1n) is 5.95. The van der Waals surface area contributed by atoms with Gasteiger partial charge in [0.05, 0.1) is 11.0 Å². The third-order valence-corrected chi connectivity index (χ3v) is 2.96. The van der Waals surface area contributed by atoms with Crippen LogP contribution in [0.1, 0.15) is 5.82 Å². The molecule has 0 fully saturated rings. The normalized spacial score (nSPS) is 14.4. The van der Waals surface area contributed by atoms with Crippen molar-refractivity contribution < 1.29 is 32.5 Å². The lowest BCUT2D eigenvalue weighted by molar-refractivity contribution is -0.148. The van der Waals surface area contributed by atoms with Crippen molar-refractivity contribution in [1.82, 2.24) is 9.55 Å². The molecule has 0 radical (unpaired) electrons. The molecule has 1 aromatic heterocycles. The number of rotatable bonds is 2. The van der Waals surface area contributed by atoms with E-state index in [2.05, 4.69) is 4.98 Å². The molecule has 9 heteroatoms. The van der Waals surface area contributed by atoms with Crippen LogP contribution in [0, 0.1) is 0 Å². The molecule has 112 valence electrons. The maximum absolute atomic E-state index is 13.0. The largest absolute Gasteiger partial charge is 0.486 e. The quantitative estimate of drug-likeness (QED) is 0.917. The molecule has 0 saturated heterocycles. The van der Waals surface area contributed by atoms with Crippen LogP contribution in [0.5, 0.6) is 11.5 Å². The number of hydrogen-bond acceptors (Lipinski definition) is 4. The Morgan fingerprint density at radius 1 is 1.29 bits per heavy atom. The fourth-order valence-electron chi connectivity index (χ4n) is 2.17. The number of carboxylic acids is 1. The van der Waals surface area contributed by atoms with Gasteiger partial charge in [-0.1, -0.05) is 0 Å². The SMILES string of the molecule is O=C(O)Cn1c(C(F)(F)F)nc2cc3c(cc21)OCCO3. The maximum Gasteiger partial charge on any atom is 0.449 e. The van der Waals surface area contributed by atoms with Gasteiger partial charge < -0.3 is 19.1 Å². The summed E-state index contributed by atoms with van der Waals surface area (Å²) in [7, 11) is 0. The number of ether oxygens (including phenoxy) is 2. The maximum atomic E-state index is 13.0. The third-order valence-electron chi connectivity index (χ3n) is 2.96. The van der Waals surface area contributed by atoms with Crippen LogP contribution in [0.3, 0.4) is 0 Å². The molecule has 0 bridgehead atoms. The second kappa shape index (κ2) is 4.54. The molecule has 6 nitrogen and oxygen atoms in total. The smallest absolute Gasteiger partial charge is 0.449 e. The van der Waals surface area contributed by atoms with Gasteiger partial charge in [0, 0.05) is 12.1 Å². The predicted molar refractivity (Wildman–Crippen MR) is 63.4 cm³/mol. The van der Waals surface area contributed by atoms with Crippen molar-refractivity contribution in [2.45, 2.75) is 12.7 Å². The van der Waals surface area contributed by atoms with Gasteiger partial charge in [0.2, 0.25) is 5.82 Å². The minimum Gasteiger partial charge on any atom is -0.486 e. The van der Waals surface area contributed by atoms with E-state index >= 15 is 0 Å². The Hall–Kier alpha value is -2.45. The van der Waals surface area contributed by atoms with Crippen molar-refractivity contribution in [2.75, 3.05) is 13.2 Å². The molecule has 3 rings (SSSR count). The molecule has 1 aliphatic rings. The van der Waals surface area contributed by atoms with Crippen LogP contribution in [-0.2, 0) is 17.5 Å². The molecule has 0 unspecified atom stereocenters. The molecule has 0 atom stereocenters. The Morgan fingerprint density at radius 3 is 2.48 bits per heavy atom. The van der Waals surface area contributed by atoms with E-state index in [-0.39, 0.29) is 23.4 Å². The number of imidazole rings is 1. The van der Waals surface area contributed by atoms with E-state index in [4.69, 9.17) is 14.6 Å². The summed E-state index contributed by atoms with van der Waals surface area (Å²) >= 11 is 0. The minimum atomic E-state index is -4.75. The number of hydrogen-bond donors (Lipinski definition) is 1. The number of carbonyl (C=O) groups is 1. The summed E-state index contributed by atoms with van der Waals surface area (Å²) in [6.45, 7) is -0.275. The molecule has 0 aliphatic carbocycles. The van der Waals surface area contributed by atoms with Crippen LogP contribution < -0.4 is 9.47 Å². The monoisotopic (exact) mass is 302 g/mol. The lowest BCUT2D eigenvalue weighted by atomic mass is 10.2.